The van der Waals surface area contributed by atoms with E-state index in [-0.39, 0.29) is 5.85 Å². The minimum absolute atomic E-state index is 0.313. The molecule has 13 heavy (non-hydrogen) atoms. The molecule has 0 spiro atoms. The van der Waals surface area contributed by atoms with Crippen molar-refractivity contribution in [1.29, 1.82) is 0 Å². The number of hydrogen-bond donors (Lipinski definition) is 0. The predicted octanol–water partition coefficient (Wildman–Crippen LogP) is 1.81. The topological polar surface area (TPSA) is 52.4 Å². The van der Waals surface area contributed by atoms with Gasteiger partial charge in [0.15, 0.2) is 0 Å². The highest BCUT2D eigenvalue weighted by Gasteiger charge is 2.07. The van der Waals surface area contributed by atoms with Gasteiger partial charge in [-0.1, -0.05) is 30.3 Å². The molecule has 0 heterocycles. The summed E-state index contributed by atoms with van der Waals surface area (Å²) in [4.78, 5) is 9.51. The first-order valence-electron chi connectivity index (χ1n) is 3.74. The highest BCUT2D eigenvalue weighted by atomic mass is 31.0. The van der Waals surface area contributed by atoms with Gasteiger partial charge in [0.1, 0.15) is 5.85 Å². The predicted molar refractivity (Wildman–Crippen MR) is 51.8 cm³/mol. The van der Waals surface area contributed by atoms with Crippen molar-refractivity contribution in [2.75, 3.05) is 6.73 Å². The fourth-order valence-electron chi connectivity index (χ4n) is 0.880. The summed E-state index contributed by atoms with van der Waals surface area (Å²) in [6, 6.07) is 9.33. The van der Waals surface area contributed by atoms with Crippen LogP contribution in [0.5, 0.6) is 0 Å². The zero-order valence-electron chi connectivity index (χ0n) is 6.92. The van der Waals surface area contributed by atoms with Gasteiger partial charge in [-0.3, -0.25) is 10.1 Å². The summed E-state index contributed by atoms with van der Waals surface area (Å²) in [6.07, 6.45) is 0. The van der Waals surface area contributed by atoms with Gasteiger partial charge >= 0.3 is 6.73 Å². The summed E-state index contributed by atoms with van der Waals surface area (Å²) in [6.45, 7) is -0.469. The normalized spacial score (nSPS) is 12.4. The zero-order valence-corrected chi connectivity index (χ0v) is 8.08. The summed E-state index contributed by atoms with van der Waals surface area (Å²) >= 11 is 0. The maximum Gasteiger partial charge on any atom is 0.306 e. The Kier molecular flexibility index (Phi) is 3.80. The molecule has 0 saturated carbocycles. The van der Waals surface area contributed by atoms with Gasteiger partial charge in [0, 0.05) is 4.92 Å². The standard InChI is InChI=1S/C8H10NO3P/c10-9(11)6-12-8(13)7-4-2-1-3-5-7/h1-5,8H,6,13H2. The summed E-state index contributed by atoms with van der Waals surface area (Å²) < 4.78 is 4.95. The number of nitrogens with zero attached hydrogens (tertiary/aromatic N) is 1. The first kappa shape index (κ1) is 10.1. The summed E-state index contributed by atoms with van der Waals surface area (Å²) in [5, 5.41) is 10.0. The van der Waals surface area contributed by atoms with E-state index in [0.29, 0.717) is 0 Å². The van der Waals surface area contributed by atoms with Crippen molar-refractivity contribution in [3.63, 3.8) is 0 Å². The Morgan fingerprint density at radius 3 is 2.62 bits per heavy atom. The maximum absolute atomic E-state index is 10.0. The molecule has 0 saturated heterocycles. The van der Waals surface area contributed by atoms with Gasteiger partial charge in [-0.25, -0.2) is 0 Å². The molecule has 0 radical (unpaired) electrons. The molecule has 0 aliphatic heterocycles. The van der Waals surface area contributed by atoms with Gasteiger partial charge in [-0.05, 0) is 5.56 Å². The fraction of sp³-hybridized carbons (Fsp3) is 0.250. The van der Waals surface area contributed by atoms with E-state index in [4.69, 9.17) is 4.74 Å². The van der Waals surface area contributed by atoms with Crippen molar-refractivity contribution in [2.24, 2.45) is 0 Å². The van der Waals surface area contributed by atoms with Crippen molar-refractivity contribution >= 4 is 9.24 Å². The molecule has 1 aromatic rings. The molecule has 0 amide bonds. The Labute approximate surface area is 78.3 Å². The van der Waals surface area contributed by atoms with Crippen LogP contribution in [0, 0.1) is 10.1 Å². The Morgan fingerprint density at radius 1 is 1.46 bits per heavy atom. The second kappa shape index (κ2) is 4.90. The average molecular weight is 199 g/mol. The van der Waals surface area contributed by atoms with Gasteiger partial charge in [-0.2, -0.15) is 0 Å². The molecule has 1 aromatic carbocycles. The molecule has 0 fully saturated rings. The summed E-state index contributed by atoms with van der Waals surface area (Å²) in [7, 11) is 2.41. The van der Waals surface area contributed by atoms with Crippen molar-refractivity contribution in [3.8, 4) is 0 Å². The molecule has 0 aromatic heterocycles. The molecule has 5 heteroatoms. The number of hydrogen-bond acceptors (Lipinski definition) is 3. The second-order valence-corrected chi connectivity index (χ2v) is 3.07. The molecule has 0 bridgehead atoms. The van der Waals surface area contributed by atoms with Gasteiger partial charge in [0.2, 0.25) is 0 Å². The maximum atomic E-state index is 10.0. The summed E-state index contributed by atoms with van der Waals surface area (Å²) in [5.74, 6) is -0.313. The van der Waals surface area contributed by atoms with E-state index in [1.165, 1.54) is 0 Å². The first-order chi connectivity index (χ1) is 6.20. The molecule has 0 aliphatic carbocycles. The second-order valence-electron chi connectivity index (χ2n) is 2.46. The molecule has 0 N–H and O–H groups in total. The number of nitro groups is 1. The quantitative estimate of drug-likeness (QED) is 0.321. The van der Waals surface area contributed by atoms with Crippen LogP contribution in [0.15, 0.2) is 30.3 Å². The SMILES string of the molecule is O=[N+]([O-])COC(P)c1ccccc1. The average Bonchev–Trinajstić information content (AvgIpc) is 2.15. The van der Waals surface area contributed by atoms with E-state index in [9.17, 15) is 10.1 Å². The Balaban J connectivity index is 2.49. The number of benzene rings is 1. The van der Waals surface area contributed by atoms with Crippen LogP contribution in [-0.2, 0) is 4.74 Å². The van der Waals surface area contributed by atoms with Crippen molar-refractivity contribution < 1.29 is 9.66 Å². The molecule has 70 valence electrons. The van der Waals surface area contributed by atoms with Crippen LogP contribution < -0.4 is 0 Å². The van der Waals surface area contributed by atoms with Gasteiger partial charge in [0.25, 0.3) is 0 Å². The Morgan fingerprint density at radius 2 is 2.08 bits per heavy atom. The third-order valence-electron chi connectivity index (χ3n) is 1.49. The van der Waals surface area contributed by atoms with Crippen LogP contribution in [-0.4, -0.2) is 11.7 Å². The molecule has 4 nitrogen and oxygen atoms in total. The van der Waals surface area contributed by atoms with Crippen LogP contribution in [0.25, 0.3) is 0 Å². The summed E-state index contributed by atoms with van der Waals surface area (Å²) in [5.41, 5.74) is 0.911. The van der Waals surface area contributed by atoms with Gasteiger partial charge < -0.3 is 4.74 Å². The molecule has 2 unspecified atom stereocenters. The highest BCUT2D eigenvalue weighted by molar-refractivity contribution is 7.16. The molecular weight excluding hydrogens is 189 g/mol. The van der Waals surface area contributed by atoms with Crippen molar-refractivity contribution in [1.82, 2.24) is 0 Å². The molecule has 1 rings (SSSR count). The Hall–Kier alpha value is -0.990. The molecule has 0 aliphatic rings. The van der Waals surface area contributed by atoms with E-state index in [1.54, 1.807) is 0 Å². The van der Waals surface area contributed by atoms with Crippen molar-refractivity contribution in [2.45, 2.75) is 5.85 Å². The minimum atomic E-state index is -0.500. The van der Waals surface area contributed by atoms with E-state index in [1.807, 2.05) is 30.3 Å². The van der Waals surface area contributed by atoms with Crippen LogP contribution in [0.1, 0.15) is 11.4 Å². The van der Waals surface area contributed by atoms with Crippen LogP contribution in [0.4, 0.5) is 0 Å². The van der Waals surface area contributed by atoms with Crippen LogP contribution in [0.2, 0.25) is 0 Å². The number of ether oxygens (including phenoxy) is 1. The third-order valence-corrected chi connectivity index (χ3v) is 2.06. The van der Waals surface area contributed by atoms with Gasteiger partial charge in [0.05, 0.1) is 0 Å². The lowest BCUT2D eigenvalue weighted by Gasteiger charge is -2.09. The van der Waals surface area contributed by atoms with E-state index < -0.39 is 11.7 Å². The van der Waals surface area contributed by atoms with Crippen LogP contribution >= 0.6 is 9.24 Å². The Bertz CT molecular complexity index is 278. The first-order valence-corrected chi connectivity index (χ1v) is 4.41. The lowest BCUT2D eigenvalue weighted by Crippen LogP contribution is -2.07. The number of rotatable bonds is 4. The van der Waals surface area contributed by atoms with Crippen molar-refractivity contribution in [3.05, 3.63) is 46.0 Å². The van der Waals surface area contributed by atoms with E-state index in [0.717, 1.165) is 5.56 Å². The van der Waals surface area contributed by atoms with E-state index >= 15 is 0 Å². The minimum Gasteiger partial charge on any atom is -0.307 e. The smallest absolute Gasteiger partial charge is 0.306 e. The highest BCUT2D eigenvalue weighted by Crippen LogP contribution is 2.23. The monoisotopic (exact) mass is 199 g/mol. The van der Waals surface area contributed by atoms with E-state index in [2.05, 4.69) is 9.24 Å². The third kappa shape index (κ3) is 3.49. The lowest BCUT2D eigenvalue weighted by molar-refractivity contribution is -0.528. The molecule has 2 atom stereocenters. The molecular formula is C8H10NO3P. The lowest BCUT2D eigenvalue weighted by atomic mass is 10.2. The van der Waals surface area contributed by atoms with Gasteiger partial charge in [-0.15, -0.1) is 9.24 Å². The van der Waals surface area contributed by atoms with Crippen LogP contribution in [0.3, 0.4) is 0 Å². The fourth-order valence-corrected chi connectivity index (χ4v) is 1.19. The largest absolute Gasteiger partial charge is 0.307 e. The zero-order chi connectivity index (χ0) is 9.68.